The van der Waals surface area contributed by atoms with Gasteiger partial charge in [-0.3, -0.25) is 4.90 Å². The van der Waals surface area contributed by atoms with Crippen LogP contribution < -0.4 is 9.64 Å². The maximum atomic E-state index is 5.32. The van der Waals surface area contributed by atoms with E-state index in [2.05, 4.69) is 32.4 Å². The van der Waals surface area contributed by atoms with Crippen LogP contribution in [0.15, 0.2) is 24.3 Å². The third-order valence-corrected chi connectivity index (χ3v) is 6.69. The van der Waals surface area contributed by atoms with E-state index in [4.69, 9.17) is 9.72 Å². The molecule has 2 aliphatic rings. The first-order valence-electron chi connectivity index (χ1n) is 10.3. The first kappa shape index (κ1) is 18.7. The lowest BCUT2D eigenvalue weighted by molar-refractivity contribution is 0.261. The molecule has 0 unspecified atom stereocenters. The molecule has 2 heterocycles. The number of piperazine rings is 1. The Balaban J connectivity index is 1.25. The summed E-state index contributed by atoms with van der Waals surface area (Å²) in [5.74, 6) is 2.66. The minimum absolute atomic E-state index is 0.605. The van der Waals surface area contributed by atoms with Gasteiger partial charge in [-0.1, -0.05) is 31.4 Å². The zero-order valence-corrected chi connectivity index (χ0v) is 17.1. The fraction of sp³-hybridized carbons (Fsp3) is 0.619. The molecule has 0 bridgehead atoms. The van der Waals surface area contributed by atoms with E-state index < -0.39 is 0 Å². The predicted octanol–water partition coefficient (Wildman–Crippen LogP) is 3.96. The molecular weight excluding hydrogens is 356 g/mol. The highest BCUT2D eigenvalue weighted by molar-refractivity contribution is 7.09. The summed E-state index contributed by atoms with van der Waals surface area (Å²) in [6.45, 7) is 5.41. The molecule has 1 saturated carbocycles. The number of hydrogen-bond acceptors (Lipinski definition) is 6. The summed E-state index contributed by atoms with van der Waals surface area (Å²) < 4.78 is 10.0. The SMILES string of the molecule is COc1cccc(CCN2CCN(c3nc(C4CCCCC4)ns3)CC2)c1. The van der Waals surface area contributed by atoms with Crippen LogP contribution in [-0.2, 0) is 6.42 Å². The van der Waals surface area contributed by atoms with Gasteiger partial charge < -0.3 is 9.64 Å². The molecule has 1 aromatic heterocycles. The van der Waals surface area contributed by atoms with E-state index in [1.165, 1.54) is 37.7 Å². The van der Waals surface area contributed by atoms with Crippen molar-refractivity contribution >= 4 is 16.7 Å². The topological polar surface area (TPSA) is 41.5 Å². The maximum Gasteiger partial charge on any atom is 0.205 e. The Labute approximate surface area is 166 Å². The fourth-order valence-corrected chi connectivity index (χ4v) is 4.96. The second-order valence-corrected chi connectivity index (χ2v) is 8.43. The largest absolute Gasteiger partial charge is 0.497 e. The lowest BCUT2D eigenvalue weighted by Crippen LogP contribution is -2.47. The molecule has 1 saturated heterocycles. The van der Waals surface area contributed by atoms with E-state index in [-0.39, 0.29) is 0 Å². The Morgan fingerprint density at radius 3 is 2.70 bits per heavy atom. The Morgan fingerprint density at radius 1 is 1.11 bits per heavy atom. The van der Waals surface area contributed by atoms with Gasteiger partial charge in [-0.05, 0) is 37.0 Å². The van der Waals surface area contributed by atoms with Gasteiger partial charge in [0.1, 0.15) is 11.6 Å². The molecule has 146 valence electrons. The summed E-state index contributed by atoms with van der Waals surface area (Å²) in [6, 6.07) is 8.41. The number of ether oxygens (including phenoxy) is 1. The van der Waals surface area contributed by atoms with Gasteiger partial charge in [0, 0.05) is 50.2 Å². The third kappa shape index (κ3) is 4.79. The van der Waals surface area contributed by atoms with Crippen LogP contribution in [0.1, 0.15) is 49.4 Å². The standard InChI is InChI=1S/C21H30N4OS/c1-26-19-9-5-6-17(16-19)10-11-24-12-14-25(15-13-24)21-22-20(23-27-21)18-7-3-2-4-8-18/h5-6,9,16,18H,2-4,7-8,10-15H2,1H3. The average Bonchev–Trinajstić information content (AvgIpc) is 3.24. The first-order valence-corrected chi connectivity index (χ1v) is 11.0. The molecule has 0 N–H and O–H groups in total. The Bertz CT molecular complexity index is 720. The number of benzene rings is 1. The van der Waals surface area contributed by atoms with Gasteiger partial charge in [0.2, 0.25) is 5.13 Å². The average molecular weight is 387 g/mol. The minimum atomic E-state index is 0.605. The highest BCUT2D eigenvalue weighted by Crippen LogP contribution is 2.33. The molecule has 2 aromatic rings. The van der Waals surface area contributed by atoms with Gasteiger partial charge >= 0.3 is 0 Å². The van der Waals surface area contributed by atoms with E-state index >= 15 is 0 Å². The molecular formula is C21H30N4OS. The normalized spacial score (nSPS) is 19.4. The van der Waals surface area contributed by atoms with Gasteiger partial charge in [-0.2, -0.15) is 4.37 Å². The van der Waals surface area contributed by atoms with Crippen molar-refractivity contribution in [1.82, 2.24) is 14.3 Å². The van der Waals surface area contributed by atoms with Crippen molar-refractivity contribution in [3.8, 4) is 5.75 Å². The van der Waals surface area contributed by atoms with Crippen LogP contribution in [0.25, 0.3) is 0 Å². The van der Waals surface area contributed by atoms with E-state index in [0.717, 1.165) is 55.9 Å². The van der Waals surface area contributed by atoms with Crippen molar-refractivity contribution in [3.63, 3.8) is 0 Å². The van der Waals surface area contributed by atoms with Crippen molar-refractivity contribution in [2.45, 2.75) is 44.4 Å². The molecule has 0 spiro atoms. The molecule has 5 nitrogen and oxygen atoms in total. The van der Waals surface area contributed by atoms with Crippen LogP contribution in [-0.4, -0.2) is 54.1 Å². The van der Waals surface area contributed by atoms with Crippen LogP contribution in [0.2, 0.25) is 0 Å². The summed E-state index contributed by atoms with van der Waals surface area (Å²) >= 11 is 1.60. The minimum Gasteiger partial charge on any atom is -0.497 e. The van der Waals surface area contributed by atoms with Gasteiger partial charge in [-0.15, -0.1) is 0 Å². The molecule has 4 rings (SSSR count). The summed E-state index contributed by atoms with van der Waals surface area (Å²) in [4.78, 5) is 9.87. The number of aromatic nitrogens is 2. The van der Waals surface area contributed by atoms with Crippen molar-refractivity contribution in [2.75, 3.05) is 44.7 Å². The zero-order valence-electron chi connectivity index (χ0n) is 16.3. The molecule has 2 fully saturated rings. The highest BCUT2D eigenvalue weighted by Gasteiger charge is 2.23. The molecule has 1 aliphatic carbocycles. The predicted molar refractivity (Wildman–Crippen MR) is 111 cm³/mol. The summed E-state index contributed by atoms with van der Waals surface area (Å²) in [7, 11) is 1.73. The van der Waals surface area contributed by atoms with Gasteiger partial charge in [-0.25, -0.2) is 4.98 Å². The quantitative estimate of drug-likeness (QED) is 0.752. The van der Waals surface area contributed by atoms with Crippen LogP contribution in [0.4, 0.5) is 5.13 Å². The molecule has 0 amide bonds. The summed E-state index contributed by atoms with van der Waals surface area (Å²) in [5, 5.41) is 1.13. The molecule has 0 atom stereocenters. The molecule has 1 aliphatic heterocycles. The third-order valence-electron chi connectivity index (χ3n) is 5.90. The Kier molecular flexibility index (Phi) is 6.24. The van der Waals surface area contributed by atoms with Crippen molar-refractivity contribution in [1.29, 1.82) is 0 Å². The van der Waals surface area contributed by atoms with Crippen molar-refractivity contribution in [3.05, 3.63) is 35.7 Å². The smallest absolute Gasteiger partial charge is 0.205 e. The monoisotopic (exact) mass is 386 g/mol. The summed E-state index contributed by atoms with van der Waals surface area (Å²) in [5.41, 5.74) is 1.35. The molecule has 6 heteroatoms. The zero-order chi connectivity index (χ0) is 18.5. The van der Waals surface area contributed by atoms with Gasteiger partial charge in [0.05, 0.1) is 7.11 Å². The van der Waals surface area contributed by atoms with E-state index in [0.29, 0.717) is 5.92 Å². The van der Waals surface area contributed by atoms with Crippen LogP contribution in [0.5, 0.6) is 5.75 Å². The van der Waals surface area contributed by atoms with Crippen molar-refractivity contribution in [2.24, 2.45) is 0 Å². The molecule has 0 radical (unpaired) electrons. The van der Waals surface area contributed by atoms with Gasteiger partial charge in [0.15, 0.2) is 0 Å². The number of hydrogen-bond donors (Lipinski definition) is 0. The Hall–Kier alpha value is -1.66. The van der Waals surface area contributed by atoms with Crippen LogP contribution >= 0.6 is 11.5 Å². The number of anilines is 1. The summed E-state index contributed by atoms with van der Waals surface area (Å²) in [6.07, 6.45) is 7.67. The molecule has 1 aromatic carbocycles. The first-order chi connectivity index (χ1) is 13.3. The second-order valence-electron chi connectivity index (χ2n) is 7.70. The number of nitrogens with zero attached hydrogens (tertiary/aromatic N) is 4. The van der Waals surface area contributed by atoms with E-state index in [1.54, 1.807) is 18.6 Å². The lowest BCUT2D eigenvalue weighted by atomic mass is 9.89. The molecule has 27 heavy (non-hydrogen) atoms. The lowest BCUT2D eigenvalue weighted by Gasteiger charge is -2.34. The van der Waals surface area contributed by atoms with E-state index in [9.17, 15) is 0 Å². The number of methoxy groups -OCH3 is 1. The van der Waals surface area contributed by atoms with Crippen LogP contribution in [0.3, 0.4) is 0 Å². The maximum absolute atomic E-state index is 5.32. The number of rotatable bonds is 6. The Morgan fingerprint density at radius 2 is 1.93 bits per heavy atom. The second kappa shape index (κ2) is 9.02. The van der Waals surface area contributed by atoms with E-state index in [1.807, 2.05) is 6.07 Å². The van der Waals surface area contributed by atoms with Crippen molar-refractivity contribution < 1.29 is 4.74 Å². The highest BCUT2D eigenvalue weighted by atomic mass is 32.1. The van der Waals surface area contributed by atoms with Crippen LogP contribution in [0, 0.1) is 0 Å². The van der Waals surface area contributed by atoms with Gasteiger partial charge in [0.25, 0.3) is 0 Å². The fourth-order valence-electron chi connectivity index (χ4n) is 4.16.